The number of anilines is 2. The highest BCUT2D eigenvalue weighted by Crippen LogP contribution is 2.18. The van der Waals surface area contributed by atoms with E-state index in [9.17, 15) is 4.79 Å². The molecule has 1 saturated heterocycles. The van der Waals surface area contributed by atoms with Gasteiger partial charge in [-0.05, 0) is 31.2 Å². The van der Waals surface area contributed by atoms with Gasteiger partial charge < -0.3 is 21.8 Å². The van der Waals surface area contributed by atoms with Crippen LogP contribution in [0, 0.1) is 11.3 Å². The fraction of sp³-hybridized carbons (Fsp3) is 0.333. The van der Waals surface area contributed by atoms with E-state index in [0.29, 0.717) is 16.9 Å². The second-order valence-electron chi connectivity index (χ2n) is 4.17. The van der Waals surface area contributed by atoms with Gasteiger partial charge in [0, 0.05) is 29.7 Å². The van der Waals surface area contributed by atoms with Gasteiger partial charge in [-0.15, -0.1) is 0 Å². The highest BCUT2D eigenvalue weighted by Gasteiger charge is 2.22. The number of hydrogen-bond acceptors (Lipinski definition) is 4. The summed E-state index contributed by atoms with van der Waals surface area (Å²) in [6.07, 6.45) is 2.06. The van der Waals surface area contributed by atoms with Crippen LogP contribution in [0.25, 0.3) is 0 Å². The Morgan fingerprint density at radius 2 is 2.41 bits per heavy atom. The van der Waals surface area contributed by atoms with Gasteiger partial charge in [-0.1, -0.05) is 0 Å². The van der Waals surface area contributed by atoms with Crippen LogP contribution in [0.2, 0.25) is 0 Å². The van der Waals surface area contributed by atoms with Crippen LogP contribution in [0.15, 0.2) is 18.2 Å². The van der Waals surface area contributed by atoms with Crippen LogP contribution in [0.3, 0.4) is 0 Å². The Labute approximate surface area is 99.9 Å². The molecule has 0 bridgehead atoms. The molecule has 1 unspecified atom stereocenters. The molecule has 0 spiro atoms. The minimum atomic E-state index is 0.0238. The molecule has 1 aliphatic rings. The molecule has 1 aromatic rings. The van der Waals surface area contributed by atoms with E-state index >= 15 is 0 Å². The molecule has 17 heavy (non-hydrogen) atoms. The molecule has 5 nitrogen and oxygen atoms in total. The smallest absolute Gasteiger partial charge is 0.228 e. The summed E-state index contributed by atoms with van der Waals surface area (Å²) in [5.41, 5.74) is 7.53. The van der Waals surface area contributed by atoms with Crippen molar-refractivity contribution in [2.45, 2.75) is 6.42 Å². The Kier molecular flexibility index (Phi) is 3.39. The third kappa shape index (κ3) is 2.62. The molecule has 0 radical (unpaired) electrons. The zero-order valence-corrected chi connectivity index (χ0v) is 9.49. The normalized spacial score (nSPS) is 18.9. The molecule has 1 heterocycles. The van der Waals surface area contributed by atoms with E-state index in [2.05, 4.69) is 10.6 Å². The number of hydrogen-bond donors (Lipinski definition) is 4. The molecule has 1 aromatic carbocycles. The maximum Gasteiger partial charge on any atom is 0.228 e. The van der Waals surface area contributed by atoms with Crippen molar-refractivity contribution >= 4 is 23.5 Å². The third-order valence-electron chi connectivity index (χ3n) is 2.94. The van der Waals surface area contributed by atoms with Gasteiger partial charge in [-0.2, -0.15) is 0 Å². The van der Waals surface area contributed by atoms with Crippen LogP contribution in [-0.4, -0.2) is 25.2 Å². The van der Waals surface area contributed by atoms with E-state index in [1.807, 2.05) is 0 Å². The average molecular weight is 232 g/mol. The van der Waals surface area contributed by atoms with E-state index < -0.39 is 0 Å². The van der Waals surface area contributed by atoms with Crippen LogP contribution in [0.1, 0.15) is 12.0 Å². The highest BCUT2D eigenvalue weighted by atomic mass is 16.1. The molecule has 1 amide bonds. The fourth-order valence-electron chi connectivity index (χ4n) is 1.90. The van der Waals surface area contributed by atoms with Crippen LogP contribution in [0.4, 0.5) is 11.4 Å². The molecular formula is C12H16N4O. The average Bonchev–Trinajstić information content (AvgIpc) is 2.85. The molecule has 1 aliphatic heterocycles. The lowest BCUT2D eigenvalue weighted by Gasteiger charge is -2.11. The molecule has 2 rings (SSSR count). The quantitative estimate of drug-likeness (QED) is 0.459. The predicted octanol–water partition coefficient (Wildman–Crippen LogP) is 0.814. The summed E-state index contributed by atoms with van der Waals surface area (Å²) in [7, 11) is 0. The lowest BCUT2D eigenvalue weighted by molar-refractivity contribution is -0.119. The molecule has 0 aliphatic carbocycles. The number of amides is 1. The fourth-order valence-corrected chi connectivity index (χ4v) is 1.90. The Balaban J connectivity index is 2.07. The summed E-state index contributed by atoms with van der Waals surface area (Å²) in [4.78, 5) is 11.9. The monoisotopic (exact) mass is 232 g/mol. The molecule has 0 saturated carbocycles. The summed E-state index contributed by atoms with van der Waals surface area (Å²) in [5, 5.41) is 13.2. The summed E-state index contributed by atoms with van der Waals surface area (Å²) in [5.74, 6) is 0.0617. The standard InChI is InChI=1S/C12H16N4O/c13-6-9-5-10(1-2-11(9)14)16-12(17)8-3-4-15-7-8/h1-2,5-6,8,13,15H,3-4,7,14H2,(H,16,17). The summed E-state index contributed by atoms with van der Waals surface area (Å²) < 4.78 is 0. The number of nitrogens with one attached hydrogen (secondary N) is 3. The Morgan fingerprint density at radius 1 is 1.59 bits per heavy atom. The Hall–Kier alpha value is -1.88. The minimum absolute atomic E-state index is 0.0238. The van der Waals surface area contributed by atoms with Crippen LogP contribution in [-0.2, 0) is 4.79 Å². The van der Waals surface area contributed by atoms with Gasteiger partial charge in [0.2, 0.25) is 5.91 Å². The maximum absolute atomic E-state index is 11.9. The van der Waals surface area contributed by atoms with Gasteiger partial charge in [0.1, 0.15) is 0 Å². The molecule has 5 heteroatoms. The molecule has 90 valence electrons. The topological polar surface area (TPSA) is 91.0 Å². The zero-order chi connectivity index (χ0) is 12.3. The van der Waals surface area contributed by atoms with Gasteiger partial charge in [-0.25, -0.2) is 0 Å². The Bertz CT molecular complexity index is 438. The van der Waals surface area contributed by atoms with Crippen molar-refractivity contribution in [3.63, 3.8) is 0 Å². The van der Waals surface area contributed by atoms with Gasteiger partial charge in [-0.3, -0.25) is 4.79 Å². The van der Waals surface area contributed by atoms with Crippen molar-refractivity contribution in [3.05, 3.63) is 23.8 Å². The molecular weight excluding hydrogens is 216 g/mol. The third-order valence-corrected chi connectivity index (χ3v) is 2.94. The molecule has 5 N–H and O–H groups in total. The number of rotatable bonds is 3. The number of carbonyl (C=O) groups is 1. The van der Waals surface area contributed by atoms with E-state index in [4.69, 9.17) is 11.1 Å². The SMILES string of the molecule is N=Cc1cc(NC(=O)C2CCNC2)ccc1N. The number of benzene rings is 1. The summed E-state index contributed by atoms with van der Waals surface area (Å²) in [6, 6.07) is 5.16. The Morgan fingerprint density at radius 3 is 3.06 bits per heavy atom. The molecule has 0 aromatic heterocycles. The largest absolute Gasteiger partial charge is 0.398 e. The van der Waals surface area contributed by atoms with Crippen LogP contribution in [0.5, 0.6) is 0 Å². The second kappa shape index (κ2) is 4.97. The van der Waals surface area contributed by atoms with E-state index in [1.54, 1.807) is 18.2 Å². The van der Waals surface area contributed by atoms with Gasteiger partial charge in [0.15, 0.2) is 0 Å². The van der Waals surface area contributed by atoms with Crippen molar-refractivity contribution in [1.82, 2.24) is 5.32 Å². The highest BCUT2D eigenvalue weighted by molar-refractivity contribution is 5.95. The number of nitrogen functional groups attached to an aromatic ring is 1. The first-order valence-corrected chi connectivity index (χ1v) is 5.62. The van der Waals surface area contributed by atoms with Crippen LogP contribution >= 0.6 is 0 Å². The molecule has 1 atom stereocenters. The lowest BCUT2D eigenvalue weighted by atomic mass is 10.1. The first-order valence-electron chi connectivity index (χ1n) is 5.62. The molecule has 1 fully saturated rings. The maximum atomic E-state index is 11.9. The van der Waals surface area contributed by atoms with Crippen LogP contribution < -0.4 is 16.4 Å². The van der Waals surface area contributed by atoms with Gasteiger partial charge >= 0.3 is 0 Å². The van der Waals surface area contributed by atoms with Crippen molar-refractivity contribution in [2.24, 2.45) is 5.92 Å². The predicted molar refractivity (Wildman–Crippen MR) is 68.3 cm³/mol. The number of nitrogens with two attached hydrogens (primary N) is 1. The minimum Gasteiger partial charge on any atom is -0.398 e. The van der Waals surface area contributed by atoms with Gasteiger partial charge in [0.05, 0.1) is 5.92 Å². The summed E-state index contributed by atoms with van der Waals surface area (Å²) in [6.45, 7) is 1.63. The summed E-state index contributed by atoms with van der Waals surface area (Å²) >= 11 is 0. The number of carbonyl (C=O) groups excluding carboxylic acids is 1. The lowest BCUT2D eigenvalue weighted by Crippen LogP contribution is -2.24. The first-order chi connectivity index (χ1) is 8.20. The van der Waals surface area contributed by atoms with Crippen molar-refractivity contribution in [1.29, 1.82) is 5.41 Å². The van der Waals surface area contributed by atoms with Crippen molar-refractivity contribution in [2.75, 3.05) is 24.1 Å². The van der Waals surface area contributed by atoms with Crippen molar-refractivity contribution in [3.8, 4) is 0 Å². The van der Waals surface area contributed by atoms with E-state index in [1.165, 1.54) is 6.21 Å². The van der Waals surface area contributed by atoms with E-state index in [0.717, 1.165) is 19.5 Å². The zero-order valence-electron chi connectivity index (χ0n) is 9.49. The second-order valence-corrected chi connectivity index (χ2v) is 4.17. The first kappa shape index (κ1) is 11.6. The van der Waals surface area contributed by atoms with E-state index in [-0.39, 0.29) is 11.8 Å². The van der Waals surface area contributed by atoms with Gasteiger partial charge in [0.25, 0.3) is 0 Å². The van der Waals surface area contributed by atoms with Crippen molar-refractivity contribution < 1.29 is 4.79 Å².